The summed E-state index contributed by atoms with van der Waals surface area (Å²) < 4.78 is 0. The van der Waals surface area contributed by atoms with Crippen LogP contribution in [0, 0.1) is 13.8 Å². The van der Waals surface area contributed by atoms with Crippen molar-refractivity contribution in [2.45, 2.75) is 20.4 Å². The molecule has 0 atom stereocenters. The Bertz CT molecular complexity index is 683. The molecule has 92 valence electrons. The van der Waals surface area contributed by atoms with E-state index in [0.29, 0.717) is 0 Å². The first-order valence-electron chi connectivity index (χ1n) is 5.83. The predicted octanol–water partition coefficient (Wildman–Crippen LogP) is 3.25. The summed E-state index contributed by atoms with van der Waals surface area (Å²) in [6, 6.07) is 6.12. The zero-order valence-electron chi connectivity index (χ0n) is 10.3. The van der Waals surface area contributed by atoms with Crippen molar-refractivity contribution in [1.82, 2.24) is 15.2 Å². The van der Waals surface area contributed by atoms with Gasteiger partial charge >= 0.3 is 0 Å². The number of hydrogen-bond acceptors (Lipinski definition) is 4. The van der Waals surface area contributed by atoms with Crippen LogP contribution in [0.2, 0.25) is 0 Å². The van der Waals surface area contributed by atoms with Crippen molar-refractivity contribution in [3.63, 3.8) is 0 Å². The molecule has 0 saturated carbocycles. The van der Waals surface area contributed by atoms with Crippen LogP contribution in [0.15, 0.2) is 24.4 Å². The number of H-pyrrole nitrogens is 1. The molecule has 5 heteroatoms. The van der Waals surface area contributed by atoms with Crippen molar-refractivity contribution in [2.24, 2.45) is 0 Å². The van der Waals surface area contributed by atoms with Gasteiger partial charge in [0.05, 0.1) is 29.0 Å². The number of aryl methyl sites for hydroxylation is 2. The predicted molar refractivity (Wildman–Crippen MR) is 75.0 cm³/mol. The van der Waals surface area contributed by atoms with Crippen LogP contribution in [0.4, 0.5) is 5.69 Å². The van der Waals surface area contributed by atoms with Crippen LogP contribution in [-0.2, 0) is 6.54 Å². The maximum Gasteiger partial charge on any atom is 0.0900 e. The third-order valence-electron chi connectivity index (χ3n) is 2.92. The van der Waals surface area contributed by atoms with E-state index in [1.807, 2.05) is 25.3 Å². The second-order valence-electron chi connectivity index (χ2n) is 4.23. The number of anilines is 1. The molecule has 0 spiro atoms. The van der Waals surface area contributed by atoms with Gasteiger partial charge in [-0.15, -0.1) is 11.3 Å². The Morgan fingerprint density at radius 1 is 1.33 bits per heavy atom. The number of fused-ring (bicyclic) bond motifs is 1. The molecule has 3 aromatic rings. The van der Waals surface area contributed by atoms with Gasteiger partial charge in [-0.3, -0.25) is 5.10 Å². The standard InChI is InChI=1S/C13H14N4S/c1-8-13(18-9(2)16-8)7-14-11-4-3-5-12-10(11)6-15-17-12/h3-6,14H,7H2,1-2H3,(H,15,17). The van der Waals surface area contributed by atoms with E-state index in [-0.39, 0.29) is 0 Å². The molecule has 0 aliphatic heterocycles. The smallest absolute Gasteiger partial charge is 0.0900 e. The SMILES string of the molecule is Cc1nc(C)c(CNc2cccc3[nH]ncc23)s1. The first kappa shape index (κ1) is 11.2. The van der Waals surface area contributed by atoms with Crippen LogP contribution in [0.3, 0.4) is 0 Å². The zero-order chi connectivity index (χ0) is 12.5. The van der Waals surface area contributed by atoms with Crippen molar-refractivity contribution in [3.05, 3.63) is 40.0 Å². The van der Waals surface area contributed by atoms with E-state index < -0.39 is 0 Å². The van der Waals surface area contributed by atoms with Gasteiger partial charge in [0.1, 0.15) is 0 Å². The lowest BCUT2D eigenvalue weighted by Gasteiger charge is -2.06. The number of aromatic nitrogens is 3. The monoisotopic (exact) mass is 258 g/mol. The maximum absolute atomic E-state index is 4.44. The lowest BCUT2D eigenvalue weighted by molar-refractivity contribution is 1.11. The van der Waals surface area contributed by atoms with E-state index >= 15 is 0 Å². The lowest BCUT2D eigenvalue weighted by Crippen LogP contribution is -1.99. The Morgan fingerprint density at radius 3 is 3.00 bits per heavy atom. The van der Waals surface area contributed by atoms with Crippen LogP contribution in [0.5, 0.6) is 0 Å². The molecule has 0 unspecified atom stereocenters. The molecule has 0 fully saturated rings. The minimum Gasteiger partial charge on any atom is -0.379 e. The summed E-state index contributed by atoms with van der Waals surface area (Å²) in [5.74, 6) is 0. The molecular weight excluding hydrogens is 244 g/mol. The van der Waals surface area contributed by atoms with Gasteiger partial charge in [0.2, 0.25) is 0 Å². The fraction of sp³-hybridized carbons (Fsp3) is 0.231. The van der Waals surface area contributed by atoms with E-state index in [1.54, 1.807) is 11.3 Å². The lowest BCUT2D eigenvalue weighted by atomic mass is 10.2. The van der Waals surface area contributed by atoms with Crippen LogP contribution in [0.25, 0.3) is 10.9 Å². The average Bonchev–Trinajstić information content (AvgIpc) is 2.93. The van der Waals surface area contributed by atoms with Crippen LogP contribution < -0.4 is 5.32 Å². The highest BCUT2D eigenvalue weighted by molar-refractivity contribution is 7.11. The highest BCUT2D eigenvalue weighted by Crippen LogP contribution is 2.23. The fourth-order valence-electron chi connectivity index (χ4n) is 2.04. The zero-order valence-corrected chi connectivity index (χ0v) is 11.1. The quantitative estimate of drug-likeness (QED) is 0.758. The van der Waals surface area contributed by atoms with E-state index in [0.717, 1.165) is 33.8 Å². The molecule has 0 aliphatic rings. The van der Waals surface area contributed by atoms with E-state index in [4.69, 9.17) is 0 Å². The molecule has 1 aromatic carbocycles. The molecule has 4 nitrogen and oxygen atoms in total. The first-order valence-corrected chi connectivity index (χ1v) is 6.64. The Balaban J connectivity index is 1.85. The Hall–Kier alpha value is -1.88. The van der Waals surface area contributed by atoms with Gasteiger partial charge in [-0.2, -0.15) is 5.10 Å². The summed E-state index contributed by atoms with van der Waals surface area (Å²) >= 11 is 1.74. The number of aromatic amines is 1. The molecule has 2 N–H and O–H groups in total. The van der Waals surface area contributed by atoms with Crippen molar-refractivity contribution in [3.8, 4) is 0 Å². The number of nitrogens with zero attached hydrogens (tertiary/aromatic N) is 2. The average molecular weight is 258 g/mol. The van der Waals surface area contributed by atoms with Crippen molar-refractivity contribution >= 4 is 27.9 Å². The Labute approximate surface area is 109 Å². The van der Waals surface area contributed by atoms with E-state index in [2.05, 4.69) is 33.5 Å². The van der Waals surface area contributed by atoms with Gasteiger partial charge in [0, 0.05) is 16.0 Å². The molecule has 0 bridgehead atoms. The number of thiazole rings is 1. The third-order valence-corrected chi connectivity index (χ3v) is 4.00. The Kier molecular flexibility index (Phi) is 2.76. The molecule has 0 radical (unpaired) electrons. The van der Waals surface area contributed by atoms with Crippen LogP contribution >= 0.6 is 11.3 Å². The van der Waals surface area contributed by atoms with Gasteiger partial charge < -0.3 is 5.32 Å². The molecule has 0 aliphatic carbocycles. The van der Waals surface area contributed by atoms with E-state index in [1.165, 1.54) is 4.88 Å². The summed E-state index contributed by atoms with van der Waals surface area (Å²) in [4.78, 5) is 5.72. The minimum atomic E-state index is 0.807. The second-order valence-corrected chi connectivity index (χ2v) is 5.52. The number of rotatable bonds is 3. The van der Waals surface area contributed by atoms with E-state index in [9.17, 15) is 0 Å². The largest absolute Gasteiger partial charge is 0.379 e. The highest BCUT2D eigenvalue weighted by Gasteiger charge is 2.06. The first-order chi connectivity index (χ1) is 8.74. The summed E-state index contributed by atoms with van der Waals surface area (Å²) in [6.07, 6.45) is 1.85. The molecule has 0 saturated heterocycles. The Morgan fingerprint density at radius 2 is 2.22 bits per heavy atom. The van der Waals surface area contributed by atoms with Gasteiger partial charge in [-0.25, -0.2) is 4.98 Å². The normalized spacial score (nSPS) is 11.0. The molecule has 18 heavy (non-hydrogen) atoms. The number of benzene rings is 1. The van der Waals surface area contributed by atoms with Gasteiger partial charge in [0.25, 0.3) is 0 Å². The number of nitrogens with one attached hydrogen (secondary N) is 2. The minimum absolute atomic E-state index is 0.807. The molecular formula is C13H14N4S. The summed E-state index contributed by atoms with van der Waals surface area (Å²) in [5.41, 5.74) is 3.27. The molecule has 2 heterocycles. The highest BCUT2D eigenvalue weighted by atomic mass is 32.1. The van der Waals surface area contributed by atoms with Crippen molar-refractivity contribution in [1.29, 1.82) is 0 Å². The fourth-order valence-corrected chi connectivity index (χ4v) is 2.91. The van der Waals surface area contributed by atoms with Gasteiger partial charge in [-0.05, 0) is 26.0 Å². The van der Waals surface area contributed by atoms with Gasteiger partial charge in [-0.1, -0.05) is 6.07 Å². The molecule has 0 amide bonds. The second kappa shape index (κ2) is 4.42. The topological polar surface area (TPSA) is 53.6 Å². The third kappa shape index (κ3) is 1.97. The van der Waals surface area contributed by atoms with Crippen molar-refractivity contribution in [2.75, 3.05) is 5.32 Å². The molecule has 2 aromatic heterocycles. The summed E-state index contributed by atoms with van der Waals surface area (Å²) in [5, 5.41) is 12.7. The maximum atomic E-state index is 4.44. The van der Waals surface area contributed by atoms with Crippen molar-refractivity contribution < 1.29 is 0 Å². The van der Waals surface area contributed by atoms with Crippen LogP contribution in [0.1, 0.15) is 15.6 Å². The summed E-state index contributed by atoms with van der Waals surface area (Å²) in [6.45, 7) is 4.90. The summed E-state index contributed by atoms with van der Waals surface area (Å²) in [7, 11) is 0. The van der Waals surface area contributed by atoms with Gasteiger partial charge in [0.15, 0.2) is 0 Å². The molecule has 3 rings (SSSR count). The number of hydrogen-bond donors (Lipinski definition) is 2. The van der Waals surface area contributed by atoms with Crippen LogP contribution in [-0.4, -0.2) is 15.2 Å².